The molecule has 1 N–H and O–H groups in total. The van der Waals surface area contributed by atoms with Gasteiger partial charge in [-0.1, -0.05) is 0 Å². The number of hydrogen-bond acceptors (Lipinski definition) is 6. The second kappa shape index (κ2) is 8.35. The minimum Gasteiger partial charge on any atom is -0.494 e. The molecule has 0 aromatic heterocycles. The number of benzene rings is 2. The van der Waals surface area contributed by atoms with Crippen molar-refractivity contribution in [2.24, 2.45) is 0 Å². The summed E-state index contributed by atoms with van der Waals surface area (Å²) in [5, 5.41) is 13.8. The number of anilines is 1. The summed E-state index contributed by atoms with van der Waals surface area (Å²) in [5.74, 6) is 0.375. The molecule has 0 spiro atoms. The molecular formula is C18H17FN2O6. The Bertz CT molecular complexity index is 840. The van der Waals surface area contributed by atoms with Crippen molar-refractivity contribution in [1.82, 2.24) is 0 Å². The predicted octanol–water partition coefficient (Wildman–Crippen LogP) is 3.30. The topological polar surface area (TPSA) is 99.9 Å². The van der Waals surface area contributed by atoms with Crippen molar-refractivity contribution in [2.75, 3.05) is 25.1 Å². The van der Waals surface area contributed by atoms with Crippen LogP contribution < -0.4 is 19.5 Å². The number of amides is 1. The van der Waals surface area contributed by atoms with Gasteiger partial charge in [-0.2, -0.15) is 0 Å². The van der Waals surface area contributed by atoms with E-state index in [0.717, 1.165) is 0 Å². The highest BCUT2D eigenvalue weighted by atomic mass is 19.1. The lowest BCUT2D eigenvalue weighted by Gasteiger charge is -2.19. The van der Waals surface area contributed by atoms with Gasteiger partial charge >= 0.3 is 0 Å². The molecule has 3 rings (SSSR count). The fourth-order valence-electron chi connectivity index (χ4n) is 2.50. The van der Waals surface area contributed by atoms with Crippen LogP contribution in [-0.4, -0.2) is 30.7 Å². The fraction of sp³-hybridized carbons (Fsp3) is 0.278. The molecule has 0 bridgehead atoms. The Kier molecular flexibility index (Phi) is 5.70. The molecule has 0 atom stereocenters. The number of nitrogens with zero attached hydrogens (tertiary/aromatic N) is 1. The van der Waals surface area contributed by atoms with Crippen molar-refractivity contribution in [2.45, 2.75) is 12.8 Å². The van der Waals surface area contributed by atoms with Crippen LogP contribution in [0.3, 0.4) is 0 Å². The Morgan fingerprint density at radius 3 is 2.52 bits per heavy atom. The highest BCUT2D eigenvalue weighted by molar-refractivity contribution is 5.93. The summed E-state index contributed by atoms with van der Waals surface area (Å²) in [6, 6.07) is 8.18. The van der Waals surface area contributed by atoms with E-state index in [4.69, 9.17) is 14.2 Å². The van der Waals surface area contributed by atoms with Gasteiger partial charge in [0, 0.05) is 12.5 Å². The van der Waals surface area contributed by atoms with Crippen LogP contribution in [0.4, 0.5) is 15.8 Å². The molecule has 8 nitrogen and oxygen atoms in total. The summed E-state index contributed by atoms with van der Waals surface area (Å²) in [4.78, 5) is 22.8. The largest absolute Gasteiger partial charge is 0.494 e. The van der Waals surface area contributed by atoms with Crippen molar-refractivity contribution in [3.63, 3.8) is 0 Å². The molecule has 27 heavy (non-hydrogen) atoms. The number of carbonyl (C=O) groups is 1. The van der Waals surface area contributed by atoms with Crippen LogP contribution in [0.2, 0.25) is 0 Å². The van der Waals surface area contributed by atoms with Crippen molar-refractivity contribution in [3.8, 4) is 17.2 Å². The first-order valence-electron chi connectivity index (χ1n) is 8.29. The summed E-state index contributed by atoms with van der Waals surface area (Å²) in [6.07, 6.45) is 0.494. The van der Waals surface area contributed by atoms with Crippen LogP contribution in [0.15, 0.2) is 36.4 Å². The minimum atomic E-state index is -0.592. The lowest BCUT2D eigenvalue weighted by atomic mass is 10.2. The van der Waals surface area contributed by atoms with Gasteiger partial charge in [0.1, 0.15) is 30.5 Å². The molecule has 2 aromatic carbocycles. The lowest BCUT2D eigenvalue weighted by molar-refractivity contribution is -0.384. The molecule has 0 saturated heterocycles. The Morgan fingerprint density at radius 1 is 1.19 bits per heavy atom. The van der Waals surface area contributed by atoms with Gasteiger partial charge in [0.2, 0.25) is 5.91 Å². The van der Waals surface area contributed by atoms with Gasteiger partial charge in [-0.3, -0.25) is 14.9 Å². The van der Waals surface area contributed by atoms with Gasteiger partial charge in [0.05, 0.1) is 17.6 Å². The number of hydrogen-bond donors (Lipinski definition) is 1. The molecule has 9 heteroatoms. The maximum Gasteiger partial charge on any atom is 0.296 e. The lowest BCUT2D eigenvalue weighted by Crippen LogP contribution is -2.17. The summed E-state index contributed by atoms with van der Waals surface area (Å²) in [7, 11) is 0. The van der Waals surface area contributed by atoms with Gasteiger partial charge in [-0.15, -0.1) is 0 Å². The van der Waals surface area contributed by atoms with E-state index >= 15 is 0 Å². The molecule has 1 aliphatic rings. The van der Waals surface area contributed by atoms with E-state index in [1.54, 1.807) is 0 Å². The number of ether oxygens (including phenoxy) is 3. The average molecular weight is 376 g/mol. The van der Waals surface area contributed by atoms with Gasteiger partial charge in [-0.25, -0.2) is 4.39 Å². The van der Waals surface area contributed by atoms with Crippen LogP contribution >= 0.6 is 0 Å². The summed E-state index contributed by atoms with van der Waals surface area (Å²) < 4.78 is 28.9. The van der Waals surface area contributed by atoms with Crippen LogP contribution in [-0.2, 0) is 4.79 Å². The fourth-order valence-corrected chi connectivity index (χ4v) is 2.50. The van der Waals surface area contributed by atoms with Crippen LogP contribution in [0.5, 0.6) is 17.2 Å². The third-order valence-electron chi connectivity index (χ3n) is 3.76. The maximum atomic E-state index is 12.8. The summed E-state index contributed by atoms with van der Waals surface area (Å²) in [6.45, 7) is 0.894. The van der Waals surface area contributed by atoms with Crippen LogP contribution in [0, 0.1) is 15.9 Å². The Hall–Kier alpha value is -3.36. The molecule has 0 saturated carbocycles. The van der Waals surface area contributed by atoms with E-state index in [9.17, 15) is 19.3 Å². The van der Waals surface area contributed by atoms with Gasteiger partial charge in [-0.05, 0) is 30.7 Å². The van der Waals surface area contributed by atoms with E-state index < -0.39 is 10.8 Å². The summed E-state index contributed by atoms with van der Waals surface area (Å²) in [5.41, 5.74) is -0.219. The van der Waals surface area contributed by atoms with E-state index in [0.29, 0.717) is 31.1 Å². The molecule has 2 aromatic rings. The number of halogens is 1. The Labute approximate surface area is 154 Å². The maximum absolute atomic E-state index is 12.8. The molecular weight excluding hydrogens is 359 g/mol. The van der Waals surface area contributed by atoms with Crippen molar-refractivity contribution in [1.29, 1.82) is 0 Å². The Morgan fingerprint density at radius 2 is 1.85 bits per heavy atom. The molecule has 1 aliphatic heterocycles. The number of rotatable bonds is 7. The van der Waals surface area contributed by atoms with E-state index in [1.807, 2.05) is 0 Å². The predicted molar refractivity (Wildman–Crippen MR) is 93.8 cm³/mol. The van der Waals surface area contributed by atoms with Gasteiger partial charge in [0.25, 0.3) is 5.69 Å². The molecule has 0 fully saturated rings. The van der Waals surface area contributed by atoms with Crippen molar-refractivity contribution in [3.05, 3.63) is 52.3 Å². The third-order valence-corrected chi connectivity index (χ3v) is 3.76. The quantitative estimate of drug-likeness (QED) is 0.452. The van der Waals surface area contributed by atoms with Crippen molar-refractivity contribution < 1.29 is 28.3 Å². The average Bonchev–Trinajstić information content (AvgIpc) is 2.66. The molecule has 142 valence electrons. The first kappa shape index (κ1) is 18.4. The number of carbonyl (C=O) groups excluding carboxylic acids is 1. The van der Waals surface area contributed by atoms with Gasteiger partial charge in [0.15, 0.2) is 11.5 Å². The second-order valence-corrected chi connectivity index (χ2v) is 5.72. The molecule has 0 aliphatic carbocycles. The molecule has 1 heterocycles. The van der Waals surface area contributed by atoms with Gasteiger partial charge < -0.3 is 19.5 Å². The first-order chi connectivity index (χ1) is 13.0. The van der Waals surface area contributed by atoms with Crippen LogP contribution in [0.25, 0.3) is 0 Å². The number of nitro groups is 1. The highest BCUT2D eigenvalue weighted by Crippen LogP contribution is 2.39. The molecule has 0 unspecified atom stereocenters. The first-order valence-corrected chi connectivity index (χ1v) is 8.29. The Balaban J connectivity index is 1.55. The molecule has 0 radical (unpaired) electrons. The minimum absolute atomic E-state index is 0.0497. The zero-order valence-corrected chi connectivity index (χ0v) is 14.3. The highest BCUT2D eigenvalue weighted by Gasteiger charge is 2.23. The third kappa shape index (κ3) is 4.84. The van der Waals surface area contributed by atoms with E-state index in [1.165, 1.54) is 36.4 Å². The SMILES string of the molecule is O=C(CCCOc1ccc(F)cc1)Nc1cc2c(cc1[N+](=O)[O-])OCCO2. The summed E-state index contributed by atoms with van der Waals surface area (Å²) >= 11 is 0. The normalized spacial score (nSPS) is 12.3. The number of nitrogens with one attached hydrogen (secondary N) is 1. The second-order valence-electron chi connectivity index (χ2n) is 5.72. The zero-order valence-electron chi connectivity index (χ0n) is 14.3. The monoisotopic (exact) mass is 376 g/mol. The molecule has 1 amide bonds. The van der Waals surface area contributed by atoms with Crippen molar-refractivity contribution >= 4 is 17.3 Å². The van der Waals surface area contributed by atoms with Crippen LogP contribution in [0.1, 0.15) is 12.8 Å². The van der Waals surface area contributed by atoms with E-state index in [2.05, 4.69) is 5.32 Å². The standard InChI is InChI=1S/C18H17FN2O6/c19-12-3-5-13(6-4-12)25-7-1-2-18(22)20-14-10-16-17(27-9-8-26-16)11-15(14)21(23)24/h3-6,10-11H,1-2,7-9H2,(H,20,22). The number of fused-ring (bicyclic) bond motifs is 1. The smallest absolute Gasteiger partial charge is 0.296 e. The van der Waals surface area contributed by atoms with E-state index in [-0.39, 0.29) is 36.0 Å². The zero-order chi connectivity index (χ0) is 19.2. The number of nitro benzene ring substituents is 1.